The van der Waals surface area contributed by atoms with Gasteiger partial charge in [0.1, 0.15) is 5.60 Å². The van der Waals surface area contributed by atoms with E-state index in [1.54, 1.807) is 20.8 Å². The molecule has 1 unspecified atom stereocenters. The number of nitrogens with zero attached hydrogens (tertiary/aromatic N) is 1. The van der Waals surface area contributed by atoms with Gasteiger partial charge in [-0.3, -0.25) is 4.90 Å². The second-order valence-corrected chi connectivity index (χ2v) is 7.24. The molecule has 0 aliphatic carbocycles. The highest BCUT2D eigenvalue weighted by atomic mass is 79.9. The molecule has 0 aromatic heterocycles. The van der Waals surface area contributed by atoms with E-state index in [-0.39, 0.29) is 10.5 Å². The third-order valence-corrected chi connectivity index (χ3v) is 4.35. The van der Waals surface area contributed by atoms with Crippen LogP contribution in [0.5, 0.6) is 0 Å². The van der Waals surface area contributed by atoms with E-state index in [0.717, 1.165) is 0 Å². The summed E-state index contributed by atoms with van der Waals surface area (Å²) in [4.78, 5) is 14.0. The molecule has 0 N–H and O–H groups in total. The topological polar surface area (TPSA) is 29.5 Å². The fraction of sp³-hybridized carbons (Fsp3) is 0.562. The Morgan fingerprint density at radius 2 is 2.09 bits per heavy atom. The number of benzene rings is 1. The first-order valence-electron chi connectivity index (χ1n) is 7.34. The molecule has 0 saturated carbocycles. The van der Waals surface area contributed by atoms with E-state index in [9.17, 15) is 13.6 Å². The summed E-state index contributed by atoms with van der Waals surface area (Å²) in [6.07, 6.45) is 1.47. The minimum atomic E-state index is -0.982. The summed E-state index contributed by atoms with van der Waals surface area (Å²) in [6, 6.07) is 1.07. The lowest BCUT2D eigenvalue weighted by Crippen LogP contribution is -2.46. The number of ether oxygens (including phenoxy) is 1. The van der Waals surface area contributed by atoms with Gasteiger partial charge in [0.05, 0.1) is 10.2 Å². The van der Waals surface area contributed by atoms with Gasteiger partial charge in [-0.15, -0.1) is 0 Å². The highest BCUT2D eigenvalue weighted by Gasteiger charge is 2.36. The Hall–Kier alpha value is -1.17. The SMILES string of the molecule is CCC1CCc2cc(F)c(F)c(Br)c2N1C(=O)OC(C)(C)C. The largest absolute Gasteiger partial charge is 0.443 e. The average Bonchev–Trinajstić information content (AvgIpc) is 2.41. The smallest absolute Gasteiger partial charge is 0.415 e. The predicted octanol–water partition coefficient (Wildman–Crippen LogP) is 5.19. The normalized spacial score (nSPS) is 18.1. The maximum absolute atomic E-state index is 13.9. The standard InChI is InChI=1S/C16H20BrF2NO2/c1-5-10-7-6-9-8-11(18)13(19)12(17)14(9)20(10)15(21)22-16(2,3)4/h8,10H,5-7H2,1-4H3. The number of rotatable bonds is 1. The molecule has 0 fully saturated rings. The monoisotopic (exact) mass is 375 g/mol. The van der Waals surface area contributed by atoms with Crippen LogP contribution in [-0.2, 0) is 11.2 Å². The Morgan fingerprint density at radius 1 is 1.45 bits per heavy atom. The zero-order valence-electron chi connectivity index (χ0n) is 13.2. The summed E-state index contributed by atoms with van der Waals surface area (Å²) in [6.45, 7) is 7.28. The maximum atomic E-state index is 13.9. The molecule has 1 aliphatic rings. The molecule has 1 aromatic rings. The summed E-state index contributed by atoms with van der Waals surface area (Å²) < 4.78 is 32.9. The Bertz CT molecular complexity index is 599. The number of halogens is 3. The molecule has 0 spiro atoms. The Kier molecular flexibility index (Phi) is 4.80. The molecular weight excluding hydrogens is 356 g/mol. The molecule has 0 bridgehead atoms. The lowest BCUT2D eigenvalue weighted by Gasteiger charge is -2.38. The van der Waals surface area contributed by atoms with Gasteiger partial charge < -0.3 is 4.74 Å². The van der Waals surface area contributed by atoms with Crippen molar-refractivity contribution in [2.75, 3.05) is 4.90 Å². The first-order chi connectivity index (χ1) is 10.2. The van der Waals surface area contributed by atoms with E-state index in [4.69, 9.17) is 4.74 Å². The zero-order valence-corrected chi connectivity index (χ0v) is 14.8. The number of fused-ring (bicyclic) bond motifs is 1. The Morgan fingerprint density at radius 3 is 2.64 bits per heavy atom. The van der Waals surface area contributed by atoms with Crippen LogP contribution in [0.25, 0.3) is 0 Å². The summed E-state index contributed by atoms with van der Waals surface area (Å²) >= 11 is 3.10. The molecular formula is C16H20BrF2NO2. The molecule has 0 saturated heterocycles. The summed E-state index contributed by atoms with van der Waals surface area (Å²) in [5.74, 6) is -1.89. The van der Waals surface area contributed by atoms with Crippen molar-refractivity contribution in [2.24, 2.45) is 0 Å². The molecule has 1 heterocycles. The highest BCUT2D eigenvalue weighted by molar-refractivity contribution is 9.10. The molecule has 1 amide bonds. The molecule has 0 radical (unpaired) electrons. The van der Waals surface area contributed by atoms with E-state index in [1.807, 2.05) is 6.92 Å². The number of hydrogen-bond acceptors (Lipinski definition) is 2. The third kappa shape index (κ3) is 3.26. The molecule has 2 rings (SSSR count). The number of carbonyl (C=O) groups is 1. The van der Waals surface area contributed by atoms with Gasteiger partial charge in [-0.2, -0.15) is 0 Å². The van der Waals surface area contributed by atoms with Crippen LogP contribution in [0.2, 0.25) is 0 Å². The van der Waals surface area contributed by atoms with Crippen molar-refractivity contribution in [3.05, 3.63) is 27.7 Å². The van der Waals surface area contributed by atoms with Gasteiger partial charge >= 0.3 is 6.09 Å². The average molecular weight is 376 g/mol. The second kappa shape index (κ2) is 6.14. The van der Waals surface area contributed by atoms with Crippen molar-refractivity contribution in [1.82, 2.24) is 0 Å². The van der Waals surface area contributed by atoms with E-state index in [0.29, 0.717) is 30.5 Å². The fourth-order valence-corrected chi connectivity index (χ4v) is 3.29. The third-order valence-electron chi connectivity index (χ3n) is 3.63. The number of hydrogen-bond donors (Lipinski definition) is 0. The van der Waals surface area contributed by atoms with Gasteiger partial charge in [-0.05, 0) is 67.6 Å². The predicted molar refractivity (Wildman–Crippen MR) is 85.2 cm³/mol. The van der Waals surface area contributed by atoms with Crippen LogP contribution >= 0.6 is 15.9 Å². The van der Waals surface area contributed by atoms with Crippen LogP contribution in [0.1, 0.15) is 46.1 Å². The van der Waals surface area contributed by atoms with Gasteiger partial charge in [-0.25, -0.2) is 13.6 Å². The number of aryl methyl sites for hydroxylation is 1. The quantitative estimate of drug-likeness (QED) is 0.631. The number of amides is 1. The molecule has 6 heteroatoms. The van der Waals surface area contributed by atoms with E-state index >= 15 is 0 Å². The Labute approximate surface area is 137 Å². The number of anilines is 1. The first kappa shape index (κ1) is 17.2. The summed E-state index contributed by atoms with van der Waals surface area (Å²) in [5, 5.41) is 0. The fourth-order valence-electron chi connectivity index (χ4n) is 2.66. The van der Waals surface area contributed by atoms with Crippen LogP contribution < -0.4 is 4.90 Å². The van der Waals surface area contributed by atoms with Crippen molar-refractivity contribution < 1.29 is 18.3 Å². The van der Waals surface area contributed by atoms with Crippen molar-refractivity contribution in [3.8, 4) is 0 Å². The minimum Gasteiger partial charge on any atom is -0.443 e. The molecule has 22 heavy (non-hydrogen) atoms. The number of carbonyl (C=O) groups excluding carboxylic acids is 1. The lowest BCUT2D eigenvalue weighted by molar-refractivity contribution is 0.0559. The van der Waals surface area contributed by atoms with Crippen LogP contribution in [-0.4, -0.2) is 17.7 Å². The molecule has 1 aliphatic heterocycles. The zero-order chi connectivity index (χ0) is 16.7. The van der Waals surface area contributed by atoms with Gasteiger partial charge in [-0.1, -0.05) is 6.92 Å². The van der Waals surface area contributed by atoms with Gasteiger partial charge in [0.2, 0.25) is 0 Å². The van der Waals surface area contributed by atoms with Crippen LogP contribution in [0.15, 0.2) is 10.5 Å². The lowest BCUT2D eigenvalue weighted by atomic mass is 9.94. The van der Waals surface area contributed by atoms with Crippen molar-refractivity contribution in [1.29, 1.82) is 0 Å². The van der Waals surface area contributed by atoms with Gasteiger partial charge in [0.25, 0.3) is 0 Å². The minimum absolute atomic E-state index is 0.0218. The van der Waals surface area contributed by atoms with Crippen molar-refractivity contribution >= 4 is 27.7 Å². The maximum Gasteiger partial charge on any atom is 0.415 e. The van der Waals surface area contributed by atoms with E-state index in [2.05, 4.69) is 15.9 Å². The van der Waals surface area contributed by atoms with Crippen molar-refractivity contribution in [2.45, 2.75) is 58.6 Å². The molecule has 1 aromatic carbocycles. The van der Waals surface area contributed by atoms with E-state index < -0.39 is 23.3 Å². The first-order valence-corrected chi connectivity index (χ1v) is 8.13. The summed E-state index contributed by atoms with van der Waals surface area (Å²) in [5.41, 5.74) is 0.338. The van der Waals surface area contributed by atoms with Crippen LogP contribution in [0.4, 0.5) is 19.3 Å². The molecule has 1 atom stereocenters. The van der Waals surface area contributed by atoms with E-state index in [1.165, 1.54) is 11.0 Å². The van der Waals surface area contributed by atoms with Gasteiger partial charge in [0, 0.05) is 6.04 Å². The van der Waals surface area contributed by atoms with Crippen molar-refractivity contribution in [3.63, 3.8) is 0 Å². The van der Waals surface area contributed by atoms with Gasteiger partial charge in [0.15, 0.2) is 11.6 Å². The van der Waals surface area contributed by atoms with Crippen LogP contribution in [0, 0.1) is 11.6 Å². The molecule has 122 valence electrons. The highest BCUT2D eigenvalue weighted by Crippen LogP contribution is 2.41. The molecule has 3 nitrogen and oxygen atoms in total. The van der Waals surface area contributed by atoms with Crippen LogP contribution in [0.3, 0.4) is 0 Å². The Balaban J connectivity index is 2.52. The summed E-state index contributed by atoms with van der Waals surface area (Å²) in [7, 11) is 0. The second-order valence-electron chi connectivity index (χ2n) is 6.45.